The highest BCUT2D eigenvalue weighted by molar-refractivity contribution is 6.31. The van der Waals surface area contributed by atoms with E-state index in [1.54, 1.807) is 0 Å². The number of aromatic nitrogens is 1. The van der Waals surface area contributed by atoms with Gasteiger partial charge in [-0.2, -0.15) is 0 Å². The number of nitrogens with zero attached hydrogens (tertiary/aromatic N) is 1. The molecule has 0 radical (unpaired) electrons. The van der Waals surface area contributed by atoms with Crippen molar-refractivity contribution in [3.05, 3.63) is 65.2 Å². The summed E-state index contributed by atoms with van der Waals surface area (Å²) >= 11 is 6.18. The second kappa shape index (κ2) is 7.12. The number of nitrogens with one attached hydrogen (secondary N) is 1. The summed E-state index contributed by atoms with van der Waals surface area (Å²) in [6.45, 7) is 0.960. The summed E-state index contributed by atoms with van der Waals surface area (Å²) in [7, 11) is 0. The van der Waals surface area contributed by atoms with E-state index in [9.17, 15) is 5.11 Å². The molecule has 4 rings (SSSR count). The van der Waals surface area contributed by atoms with Gasteiger partial charge in [-0.15, -0.1) is 0 Å². The lowest BCUT2D eigenvalue weighted by Gasteiger charge is -2.29. The van der Waals surface area contributed by atoms with E-state index < -0.39 is 6.10 Å². The molecule has 25 heavy (non-hydrogen) atoms. The lowest BCUT2D eigenvalue weighted by atomic mass is 9.92. The second-order valence-corrected chi connectivity index (χ2v) is 7.06. The molecule has 0 saturated carbocycles. The summed E-state index contributed by atoms with van der Waals surface area (Å²) < 4.78 is 0. The summed E-state index contributed by atoms with van der Waals surface area (Å²) in [6, 6.07) is 17.8. The Morgan fingerprint density at radius 3 is 2.68 bits per heavy atom. The molecule has 1 aromatic heterocycles. The first-order valence-electron chi connectivity index (χ1n) is 8.79. The van der Waals surface area contributed by atoms with E-state index >= 15 is 0 Å². The van der Waals surface area contributed by atoms with Crippen molar-refractivity contribution in [1.82, 2.24) is 10.3 Å². The number of hydrogen-bond acceptors (Lipinski definition) is 3. The molecular formula is C21H21ClN2O. The lowest BCUT2D eigenvalue weighted by Crippen LogP contribution is -2.38. The standard InChI is InChI=1S/C21H21ClN2O/c22-15-9-10-16-17(21(25)18-8-4-5-11-23-18)13-19(24-20(16)12-15)14-6-2-1-3-7-14/h1-3,6-7,9-10,12-13,18,21,23,25H,4-5,8,11H2/t18-,21-/m1/s1. The van der Waals surface area contributed by atoms with Gasteiger partial charge in [0.2, 0.25) is 0 Å². The molecule has 1 saturated heterocycles. The maximum atomic E-state index is 11.1. The van der Waals surface area contributed by atoms with Gasteiger partial charge in [0.1, 0.15) is 0 Å². The van der Waals surface area contributed by atoms with Crippen molar-refractivity contribution in [3.8, 4) is 11.3 Å². The maximum absolute atomic E-state index is 11.1. The van der Waals surface area contributed by atoms with Crippen molar-refractivity contribution in [2.24, 2.45) is 0 Å². The van der Waals surface area contributed by atoms with Crippen LogP contribution in [0.25, 0.3) is 22.2 Å². The third-order valence-corrected chi connectivity index (χ3v) is 5.16. The number of piperidine rings is 1. The van der Waals surface area contributed by atoms with Crippen LogP contribution in [0, 0.1) is 0 Å². The van der Waals surface area contributed by atoms with Gasteiger partial charge in [0.05, 0.1) is 17.3 Å². The number of aliphatic hydroxyl groups excluding tert-OH is 1. The van der Waals surface area contributed by atoms with Crippen LogP contribution in [0.4, 0.5) is 0 Å². The Balaban J connectivity index is 1.85. The topological polar surface area (TPSA) is 45.2 Å². The van der Waals surface area contributed by atoms with E-state index in [4.69, 9.17) is 16.6 Å². The Morgan fingerprint density at radius 2 is 1.92 bits per heavy atom. The number of benzene rings is 2. The van der Waals surface area contributed by atoms with Gasteiger partial charge < -0.3 is 10.4 Å². The number of aliphatic hydroxyl groups is 1. The van der Waals surface area contributed by atoms with Crippen LogP contribution in [0.5, 0.6) is 0 Å². The Hall–Kier alpha value is -1.94. The first-order valence-corrected chi connectivity index (χ1v) is 9.17. The molecule has 0 spiro atoms. The molecule has 0 aliphatic carbocycles. The average Bonchev–Trinajstić information content (AvgIpc) is 2.67. The normalized spacial score (nSPS) is 19.0. The number of halogens is 1. The minimum atomic E-state index is -0.561. The van der Waals surface area contributed by atoms with Crippen molar-refractivity contribution in [2.75, 3.05) is 6.54 Å². The molecule has 128 valence electrons. The first kappa shape index (κ1) is 16.5. The van der Waals surface area contributed by atoms with Gasteiger partial charge in [-0.3, -0.25) is 0 Å². The van der Waals surface area contributed by atoms with Crippen LogP contribution < -0.4 is 5.32 Å². The largest absolute Gasteiger partial charge is 0.387 e. The van der Waals surface area contributed by atoms with Gasteiger partial charge in [-0.1, -0.05) is 54.4 Å². The summed E-state index contributed by atoms with van der Waals surface area (Å²) in [5.74, 6) is 0. The number of fused-ring (bicyclic) bond motifs is 1. The fourth-order valence-electron chi connectivity index (χ4n) is 3.60. The van der Waals surface area contributed by atoms with Gasteiger partial charge in [0.15, 0.2) is 0 Å². The van der Waals surface area contributed by atoms with Crippen LogP contribution in [0.3, 0.4) is 0 Å². The van der Waals surface area contributed by atoms with Crippen molar-refractivity contribution < 1.29 is 5.11 Å². The Labute approximate surface area is 152 Å². The first-order chi connectivity index (χ1) is 12.2. The molecule has 1 aliphatic rings. The van der Waals surface area contributed by atoms with E-state index in [1.165, 1.54) is 6.42 Å². The smallest absolute Gasteiger partial charge is 0.0950 e. The fourth-order valence-corrected chi connectivity index (χ4v) is 3.76. The number of rotatable bonds is 3. The van der Waals surface area contributed by atoms with Crippen LogP contribution in [0.2, 0.25) is 5.02 Å². The monoisotopic (exact) mass is 352 g/mol. The fraction of sp³-hybridized carbons (Fsp3) is 0.286. The third-order valence-electron chi connectivity index (χ3n) is 4.92. The minimum absolute atomic E-state index is 0.0821. The molecule has 2 atom stereocenters. The molecular weight excluding hydrogens is 332 g/mol. The Kier molecular flexibility index (Phi) is 4.71. The van der Waals surface area contributed by atoms with Crippen molar-refractivity contribution >= 4 is 22.5 Å². The third kappa shape index (κ3) is 3.40. The summed E-state index contributed by atoms with van der Waals surface area (Å²) in [5, 5.41) is 16.1. The molecule has 2 N–H and O–H groups in total. The van der Waals surface area contributed by atoms with Gasteiger partial charge >= 0.3 is 0 Å². The quantitative estimate of drug-likeness (QED) is 0.716. The predicted molar refractivity (Wildman–Crippen MR) is 103 cm³/mol. The van der Waals surface area contributed by atoms with Crippen molar-refractivity contribution in [2.45, 2.75) is 31.4 Å². The van der Waals surface area contributed by atoms with Crippen molar-refractivity contribution in [3.63, 3.8) is 0 Å². The summed E-state index contributed by atoms with van der Waals surface area (Å²) in [5.41, 5.74) is 3.63. The maximum Gasteiger partial charge on any atom is 0.0950 e. The zero-order valence-corrected chi connectivity index (χ0v) is 14.7. The number of pyridine rings is 1. The van der Waals surface area contributed by atoms with Gasteiger partial charge in [0.25, 0.3) is 0 Å². The molecule has 4 heteroatoms. The molecule has 1 aliphatic heterocycles. The molecule has 2 aromatic carbocycles. The highest BCUT2D eigenvalue weighted by Crippen LogP contribution is 2.33. The zero-order chi connectivity index (χ0) is 17.2. The SMILES string of the molecule is O[C@H](c1cc(-c2ccccc2)nc2cc(Cl)ccc12)[C@H]1CCCCN1. The van der Waals surface area contributed by atoms with E-state index in [1.807, 2.05) is 54.6 Å². The van der Waals surface area contributed by atoms with E-state index in [0.29, 0.717) is 5.02 Å². The second-order valence-electron chi connectivity index (χ2n) is 6.63. The molecule has 0 unspecified atom stereocenters. The van der Waals surface area contributed by atoms with Crippen molar-refractivity contribution in [1.29, 1.82) is 0 Å². The number of hydrogen-bond donors (Lipinski definition) is 2. The molecule has 3 aromatic rings. The predicted octanol–water partition coefficient (Wildman–Crippen LogP) is 4.73. The van der Waals surface area contributed by atoms with Crippen LogP contribution >= 0.6 is 11.6 Å². The van der Waals surface area contributed by atoms with Crippen LogP contribution in [-0.2, 0) is 0 Å². The molecule has 3 nitrogen and oxygen atoms in total. The molecule has 1 fully saturated rings. The van der Waals surface area contributed by atoms with Gasteiger partial charge in [-0.05, 0) is 43.1 Å². The van der Waals surface area contributed by atoms with E-state index in [-0.39, 0.29) is 6.04 Å². The minimum Gasteiger partial charge on any atom is -0.387 e. The van der Waals surface area contributed by atoms with Crippen LogP contribution in [0.1, 0.15) is 30.9 Å². The summed E-state index contributed by atoms with van der Waals surface area (Å²) in [4.78, 5) is 4.78. The highest BCUT2D eigenvalue weighted by atomic mass is 35.5. The van der Waals surface area contributed by atoms with Crippen LogP contribution in [-0.4, -0.2) is 22.7 Å². The average molecular weight is 353 g/mol. The van der Waals surface area contributed by atoms with E-state index in [2.05, 4.69) is 5.32 Å². The lowest BCUT2D eigenvalue weighted by molar-refractivity contribution is 0.115. The molecule has 0 amide bonds. The summed E-state index contributed by atoms with van der Waals surface area (Å²) in [6.07, 6.45) is 2.74. The molecule has 0 bridgehead atoms. The van der Waals surface area contributed by atoms with E-state index in [0.717, 1.165) is 47.1 Å². The van der Waals surface area contributed by atoms with Gasteiger partial charge in [0, 0.05) is 22.0 Å². The van der Waals surface area contributed by atoms with Gasteiger partial charge in [-0.25, -0.2) is 4.98 Å². The Bertz CT molecular complexity index is 876. The van der Waals surface area contributed by atoms with Crippen LogP contribution in [0.15, 0.2) is 54.6 Å². The Morgan fingerprint density at radius 1 is 1.08 bits per heavy atom. The highest BCUT2D eigenvalue weighted by Gasteiger charge is 2.25. The molecule has 2 heterocycles. The zero-order valence-electron chi connectivity index (χ0n) is 14.0.